The first-order valence-electron chi connectivity index (χ1n) is 7.83. The van der Waals surface area contributed by atoms with Gasteiger partial charge < -0.3 is 15.6 Å². The maximum absolute atomic E-state index is 4.47. The highest BCUT2D eigenvalue weighted by Crippen LogP contribution is 2.33. The van der Waals surface area contributed by atoms with E-state index in [4.69, 9.17) is 0 Å². The van der Waals surface area contributed by atoms with Gasteiger partial charge in [0.1, 0.15) is 0 Å². The number of nitrogens with one attached hydrogen (secondary N) is 3. The summed E-state index contributed by atoms with van der Waals surface area (Å²) in [5.74, 6) is 0.798. The zero-order valence-electron chi connectivity index (χ0n) is 13.5. The molecule has 0 aliphatic rings. The number of aromatic amines is 1. The lowest BCUT2D eigenvalue weighted by molar-refractivity contribution is 0.666. The van der Waals surface area contributed by atoms with Gasteiger partial charge in [0.15, 0.2) is 0 Å². The van der Waals surface area contributed by atoms with Gasteiger partial charge in [-0.25, -0.2) is 4.98 Å². The van der Waals surface area contributed by atoms with E-state index < -0.39 is 0 Å². The summed E-state index contributed by atoms with van der Waals surface area (Å²) in [5.41, 5.74) is 3.19. The second-order valence-electron chi connectivity index (χ2n) is 5.47. The normalized spacial score (nSPS) is 11.1. The lowest BCUT2D eigenvalue weighted by atomic mass is 10.2. The number of fused-ring (bicyclic) bond motifs is 1. The van der Waals surface area contributed by atoms with Gasteiger partial charge in [-0.3, -0.25) is 4.98 Å². The summed E-state index contributed by atoms with van der Waals surface area (Å²) in [7, 11) is 0. The first-order valence-corrected chi connectivity index (χ1v) is 9.44. The molecule has 0 bridgehead atoms. The molecule has 5 nitrogen and oxygen atoms in total. The molecular weight excluding hydrogens is 386 g/mol. The van der Waals surface area contributed by atoms with Gasteiger partial charge in [-0.1, -0.05) is 12.7 Å². The Balaban J connectivity index is 1.40. The number of hydrogen-bond donors (Lipinski definition) is 3. The van der Waals surface area contributed by atoms with Crippen LogP contribution in [0.15, 0.2) is 29.5 Å². The molecule has 3 aromatic heterocycles. The maximum atomic E-state index is 4.47. The fourth-order valence-corrected chi connectivity index (χ4v) is 4.22. The van der Waals surface area contributed by atoms with E-state index >= 15 is 0 Å². The van der Waals surface area contributed by atoms with Gasteiger partial charge in [-0.2, -0.15) is 0 Å². The zero-order chi connectivity index (χ0) is 16.9. The monoisotopic (exact) mass is 405 g/mol. The molecule has 0 saturated heterocycles. The van der Waals surface area contributed by atoms with Crippen LogP contribution in [0.2, 0.25) is 0 Å². The van der Waals surface area contributed by atoms with Crippen LogP contribution in [0.25, 0.3) is 17.1 Å². The van der Waals surface area contributed by atoms with Crippen molar-refractivity contribution in [3.63, 3.8) is 0 Å². The van der Waals surface area contributed by atoms with E-state index in [-0.39, 0.29) is 0 Å². The molecule has 0 unspecified atom stereocenters. The molecule has 0 saturated carbocycles. The number of halogens is 1. The lowest BCUT2D eigenvalue weighted by Gasteiger charge is -2.05. The quantitative estimate of drug-likeness (QED) is 0.488. The predicted octanol–water partition coefficient (Wildman–Crippen LogP) is 4.33. The highest BCUT2D eigenvalue weighted by molar-refractivity contribution is 9.10. The van der Waals surface area contributed by atoms with Crippen molar-refractivity contribution in [2.45, 2.75) is 19.9 Å². The molecule has 0 atom stereocenters. The van der Waals surface area contributed by atoms with Crippen LogP contribution < -0.4 is 10.6 Å². The van der Waals surface area contributed by atoms with Crippen LogP contribution in [-0.2, 0) is 6.54 Å². The molecule has 0 fully saturated rings. The van der Waals surface area contributed by atoms with E-state index in [1.807, 2.05) is 12.1 Å². The van der Waals surface area contributed by atoms with Crippen molar-refractivity contribution in [2.75, 3.05) is 18.4 Å². The fraction of sp³-hybridized carbons (Fsp3) is 0.294. The number of hydrogen-bond acceptors (Lipinski definition) is 5. The number of nitrogens with zero attached hydrogens (tertiary/aromatic N) is 2. The molecule has 0 aliphatic heterocycles. The van der Waals surface area contributed by atoms with Gasteiger partial charge in [0, 0.05) is 33.5 Å². The van der Waals surface area contributed by atoms with Crippen molar-refractivity contribution >= 4 is 50.3 Å². The fourth-order valence-electron chi connectivity index (χ4n) is 2.42. The van der Waals surface area contributed by atoms with Gasteiger partial charge in [0.05, 0.1) is 17.2 Å². The lowest BCUT2D eigenvalue weighted by Crippen LogP contribution is -2.17. The van der Waals surface area contributed by atoms with Gasteiger partial charge in [0.2, 0.25) is 5.95 Å². The highest BCUT2D eigenvalue weighted by atomic mass is 79.9. The summed E-state index contributed by atoms with van der Waals surface area (Å²) in [6.45, 7) is 8.70. The van der Waals surface area contributed by atoms with Gasteiger partial charge in [0.25, 0.3) is 0 Å². The maximum Gasteiger partial charge on any atom is 0.201 e. The second-order valence-corrected chi connectivity index (χ2v) is 7.40. The summed E-state index contributed by atoms with van der Waals surface area (Å²) >= 11 is 5.41. The minimum atomic E-state index is 0.798. The van der Waals surface area contributed by atoms with E-state index in [2.05, 4.69) is 55.0 Å². The number of pyridine rings is 1. The van der Waals surface area contributed by atoms with Gasteiger partial charge >= 0.3 is 0 Å². The molecule has 0 spiro atoms. The smallest absolute Gasteiger partial charge is 0.201 e. The largest absolute Gasteiger partial charge is 0.356 e. The molecule has 0 amide bonds. The molecular formula is C17H20BrN5S. The summed E-state index contributed by atoms with van der Waals surface area (Å²) in [6.07, 6.45) is 6.46. The third kappa shape index (κ3) is 3.85. The van der Waals surface area contributed by atoms with Crippen molar-refractivity contribution < 1.29 is 0 Å². The predicted molar refractivity (Wildman–Crippen MR) is 106 cm³/mol. The Morgan fingerprint density at radius 3 is 3.04 bits per heavy atom. The van der Waals surface area contributed by atoms with Crippen LogP contribution >= 0.6 is 27.3 Å². The summed E-state index contributed by atoms with van der Waals surface area (Å²) < 4.78 is 1.17. The number of H-pyrrole nitrogens is 1. The number of aromatic nitrogens is 3. The first-order chi connectivity index (χ1) is 11.7. The standard InChI is InChI=1S/C17H20BrN5S/c1-3-14-16(18)11(2)15(24-14)10-19-6-4-7-21-17-22-12-5-8-20-9-13(12)23-17/h3,5,8-9,19H,1,4,6-7,10H2,2H3,(H2,21,22,23). The Morgan fingerprint density at radius 1 is 1.42 bits per heavy atom. The van der Waals surface area contributed by atoms with Crippen molar-refractivity contribution in [1.29, 1.82) is 0 Å². The van der Waals surface area contributed by atoms with E-state index in [0.29, 0.717) is 0 Å². The van der Waals surface area contributed by atoms with Crippen molar-refractivity contribution in [3.8, 4) is 0 Å². The summed E-state index contributed by atoms with van der Waals surface area (Å²) in [6, 6.07) is 1.90. The molecule has 126 valence electrons. The van der Waals surface area contributed by atoms with Crippen LogP contribution in [0.4, 0.5) is 5.95 Å². The zero-order valence-corrected chi connectivity index (χ0v) is 15.9. The van der Waals surface area contributed by atoms with E-state index in [9.17, 15) is 0 Å². The highest BCUT2D eigenvalue weighted by Gasteiger charge is 2.10. The Hall–Kier alpha value is -1.70. The van der Waals surface area contributed by atoms with Gasteiger partial charge in [-0.05, 0) is 47.4 Å². The molecule has 3 rings (SSSR count). The number of rotatable bonds is 8. The molecule has 24 heavy (non-hydrogen) atoms. The Bertz CT molecular complexity index is 806. The van der Waals surface area contributed by atoms with E-state index in [1.165, 1.54) is 19.8 Å². The van der Waals surface area contributed by atoms with E-state index in [0.717, 1.165) is 43.0 Å². The van der Waals surface area contributed by atoms with Crippen LogP contribution in [0.1, 0.15) is 21.7 Å². The Labute approximate surface area is 153 Å². The minimum Gasteiger partial charge on any atom is -0.356 e. The van der Waals surface area contributed by atoms with Crippen molar-refractivity contribution in [3.05, 3.63) is 44.8 Å². The first kappa shape index (κ1) is 17.1. The van der Waals surface area contributed by atoms with Crippen LogP contribution in [0.3, 0.4) is 0 Å². The van der Waals surface area contributed by atoms with Gasteiger partial charge in [-0.15, -0.1) is 11.3 Å². The third-order valence-electron chi connectivity index (χ3n) is 3.77. The van der Waals surface area contributed by atoms with E-state index in [1.54, 1.807) is 23.7 Å². The molecule has 0 radical (unpaired) electrons. The second kappa shape index (κ2) is 7.92. The Morgan fingerprint density at radius 2 is 2.29 bits per heavy atom. The molecule has 3 heterocycles. The molecule has 0 aromatic carbocycles. The molecule has 0 aliphatic carbocycles. The molecule has 3 N–H and O–H groups in total. The minimum absolute atomic E-state index is 0.798. The topological polar surface area (TPSA) is 65.6 Å². The number of thiophene rings is 1. The molecule has 3 aromatic rings. The average Bonchev–Trinajstić information content (AvgIpc) is 3.13. The molecule has 7 heteroatoms. The van der Waals surface area contributed by atoms with Crippen LogP contribution in [0, 0.1) is 6.92 Å². The van der Waals surface area contributed by atoms with Crippen molar-refractivity contribution in [2.24, 2.45) is 0 Å². The third-order valence-corrected chi connectivity index (χ3v) is 6.35. The van der Waals surface area contributed by atoms with Crippen molar-refractivity contribution in [1.82, 2.24) is 20.3 Å². The summed E-state index contributed by atoms with van der Waals surface area (Å²) in [5, 5.41) is 6.81. The number of imidazole rings is 1. The van der Waals surface area contributed by atoms with Crippen LogP contribution in [-0.4, -0.2) is 28.0 Å². The van der Waals surface area contributed by atoms with Crippen LogP contribution in [0.5, 0.6) is 0 Å². The Kier molecular flexibility index (Phi) is 5.65. The SMILES string of the molecule is C=Cc1sc(CNCCCNc2nc3ccncc3[nH]2)c(C)c1Br. The number of anilines is 1. The average molecular weight is 406 g/mol. The summed E-state index contributed by atoms with van der Waals surface area (Å²) in [4.78, 5) is 14.3.